The van der Waals surface area contributed by atoms with E-state index in [1.54, 1.807) is 14.2 Å². The van der Waals surface area contributed by atoms with Crippen LogP contribution in [0.2, 0.25) is 0 Å². The van der Waals surface area contributed by atoms with Gasteiger partial charge in [-0.2, -0.15) is 0 Å². The van der Waals surface area contributed by atoms with E-state index in [4.69, 9.17) is 14.6 Å². The van der Waals surface area contributed by atoms with Crippen LogP contribution in [0.5, 0.6) is 11.5 Å². The van der Waals surface area contributed by atoms with Gasteiger partial charge < -0.3 is 19.9 Å². The number of nitrogens with one attached hydrogen (secondary N) is 1. The number of methoxy groups -OCH3 is 2. The smallest absolute Gasteiger partial charge is 0.161 e. The summed E-state index contributed by atoms with van der Waals surface area (Å²) in [4.78, 5) is 0. The van der Waals surface area contributed by atoms with E-state index in [2.05, 4.69) is 18.3 Å². The number of benzene rings is 1. The predicted molar refractivity (Wildman–Crippen MR) is 86.1 cm³/mol. The van der Waals surface area contributed by atoms with E-state index in [-0.39, 0.29) is 0 Å². The van der Waals surface area contributed by atoms with E-state index >= 15 is 0 Å². The van der Waals surface area contributed by atoms with Gasteiger partial charge in [-0.3, -0.25) is 0 Å². The highest BCUT2D eigenvalue weighted by Crippen LogP contribution is 2.30. The number of rotatable bonds is 11. The summed E-state index contributed by atoms with van der Waals surface area (Å²) in [5, 5.41) is 12.3. The lowest BCUT2D eigenvalue weighted by atomic mass is 10.0. The highest BCUT2D eigenvalue weighted by atomic mass is 16.5. The van der Waals surface area contributed by atoms with Gasteiger partial charge in [-0.05, 0) is 43.5 Å². The van der Waals surface area contributed by atoms with Gasteiger partial charge in [0, 0.05) is 12.6 Å². The molecule has 1 aromatic rings. The van der Waals surface area contributed by atoms with Gasteiger partial charge >= 0.3 is 0 Å². The number of hydrogen-bond acceptors (Lipinski definition) is 4. The Morgan fingerprint density at radius 2 is 1.76 bits per heavy atom. The number of unbranched alkanes of at least 4 members (excludes halogenated alkanes) is 3. The van der Waals surface area contributed by atoms with Crippen LogP contribution in [0.25, 0.3) is 0 Å². The standard InChI is InChI=1S/C17H29NO3/c1-4-15(18-11-7-5-6-8-12-19)14-9-10-16(20-2)17(13-14)21-3/h9-10,13,15,18-19H,4-8,11-12H2,1-3H3. The summed E-state index contributed by atoms with van der Waals surface area (Å²) in [7, 11) is 3.32. The number of aliphatic hydroxyl groups is 1. The van der Waals surface area contributed by atoms with Crippen molar-refractivity contribution in [1.82, 2.24) is 5.32 Å². The summed E-state index contributed by atoms with van der Waals surface area (Å²) in [5.41, 5.74) is 1.23. The van der Waals surface area contributed by atoms with Crippen molar-refractivity contribution in [3.63, 3.8) is 0 Å². The molecule has 4 nitrogen and oxygen atoms in total. The maximum Gasteiger partial charge on any atom is 0.161 e. The first-order valence-corrected chi connectivity index (χ1v) is 7.83. The SMILES string of the molecule is CCC(NCCCCCCO)c1ccc(OC)c(OC)c1. The summed E-state index contributed by atoms with van der Waals surface area (Å²) in [6.07, 6.45) is 5.35. The van der Waals surface area contributed by atoms with E-state index in [1.807, 2.05) is 12.1 Å². The Morgan fingerprint density at radius 3 is 2.38 bits per heavy atom. The van der Waals surface area contributed by atoms with E-state index in [9.17, 15) is 0 Å². The number of ether oxygens (including phenoxy) is 2. The van der Waals surface area contributed by atoms with Crippen LogP contribution in [0.4, 0.5) is 0 Å². The molecular formula is C17H29NO3. The molecule has 2 N–H and O–H groups in total. The summed E-state index contributed by atoms with van der Waals surface area (Å²) in [5.74, 6) is 1.54. The molecule has 0 fully saturated rings. The Bertz CT molecular complexity index is 396. The molecule has 0 radical (unpaired) electrons. The van der Waals surface area contributed by atoms with Gasteiger partial charge in [0.2, 0.25) is 0 Å². The van der Waals surface area contributed by atoms with Crippen LogP contribution >= 0.6 is 0 Å². The van der Waals surface area contributed by atoms with Crippen LogP contribution in [-0.2, 0) is 0 Å². The summed E-state index contributed by atoms with van der Waals surface area (Å²) in [6, 6.07) is 6.43. The summed E-state index contributed by atoms with van der Waals surface area (Å²) < 4.78 is 10.6. The third-order valence-corrected chi connectivity index (χ3v) is 3.69. The maximum atomic E-state index is 8.75. The lowest BCUT2D eigenvalue weighted by Gasteiger charge is -2.19. The minimum Gasteiger partial charge on any atom is -0.493 e. The van der Waals surface area contributed by atoms with Crippen LogP contribution in [-0.4, -0.2) is 32.5 Å². The molecule has 0 saturated carbocycles. The molecule has 0 aliphatic rings. The molecular weight excluding hydrogens is 266 g/mol. The monoisotopic (exact) mass is 295 g/mol. The number of hydrogen-bond donors (Lipinski definition) is 2. The minimum atomic E-state index is 0.302. The topological polar surface area (TPSA) is 50.7 Å². The third-order valence-electron chi connectivity index (χ3n) is 3.69. The highest BCUT2D eigenvalue weighted by molar-refractivity contribution is 5.43. The summed E-state index contributed by atoms with van der Waals surface area (Å²) in [6.45, 7) is 3.48. The van der Waals surface area contributed by atoms with Crippen LogP contribution in [0.15, 0.2) is 18.2 Å². The average molecular weight is 295 g/mol. The van der Waals surface area contributed by atoms with E-state index in [1.165, 1.54) is 5.56 Å². The Balaban J connectivity index is 2.51. The van der Waals surface area contributed by atoms with Crippen molar-refractivity contribution < 1.29 is 14.6 Å². The Labute approximate surface area is 128 Å². The first-order chi connectivity index (χ1) is 10.3. The van der Waals surface area contributed by atoms with E-state index in [0.29, 0.717) is 12.6 Å². The van der Waals surface area contributed by atoms with Gasteiger partial charge in [-0.1, -0.05) is 25.8 Å². The van der Waals surface area contributed by atoms with Gasteiger partial charge in [0.15, 0.2) is 11.5 Å². The normalized spacial score (nSPS) is 12.2. The van der Waals surface area contributed by atoms with Gasteiger partial charge in [0.05, 0.1) is 14.2 Å². The minimum absolute atomic E-state index is 0.302. The zero-order valence-electron chi connectivity index (χ0n) is 13.5. The van der Waals surface area contributed by atoms with Crippen molar-refractivity contribution in [2.75, 3.05) is 27.4 Å². The van der Waals surface area contributed by atoms with E-state index < -0.39 is 0 Å². The second kappa shape index (κ2) is 10.5. The molecule has 1 rings (SSSR count). The Hall–Kier alpha value is -1.26. The van der Waals surface area contributed by atoms with Gasteiger partial charge in [0.25, 0.3) is 0 Å². The first kappa shape index (κ1) is 17.8. The molecule has 0 saturated heterocycles. The molecule has 0 aromatic heterocycles. The molecule has 120 valence electrons. The molecule has 1 unspecified atom stereocenters. The molecule has 1 aromatic carbocycles. The highest BCUT2D eigenvalue weighted by Gasteiger charge is 2.12. The largest absolute Gasteiger partial charge is 0.493 e. The van der Waals surface area contributed by atoms with Gasteiger partial charge in [-0.15, -0.1) is 0 Å². The molecule has 21 heavy (non-hydrogen) atoms. The van der Waals surface area contributed by atoms with Crippen LogP contribution in [0, 0.1) is 0 Å². The Morgan fingerprint density at radius 1 is 1.05 bits per heavy atom. The number of aliphatic hydroxyl groups excluding tert-OH is 1. The zero-order chi connectivity index (χ0) is 15.5. The molecule has 0 bridgehead atoms. The molecule has 0 spiro atoms. The van der Waals surface area contributed by atoms with Crippen LogP contribution < -0.4 is 14.8 Å². The molecule has 0 aliphatic heterocycles. The maximum absolute atomic E-state index is 8.75. The molecule has 4 heteroatoms. The molecule has 0 aliphatic carbocycles. The van der Waals surface area contributed by atoms with Crippen molar-refractivity contribution in [1.29, 1.82) is 0 Å². The fourth-order valence-electron chi connectivity index (χ4n) is 2.43. The van der Waals surface area contributed by atoms with Crippen molar-refractivity contribution in [2.24, 2.45) is 0 Å². The van der Waals surface area contributed by atoms with Crippen molar-refractivity contribution in [2.45, 2.75) is 45.1 Å². The van der Waals surface area contributed by atoms with Crippen molar-refractivity contribution in [3.05, 3.63) is 23.8 Å². The fraction of sp³-hybridized carbons (Fsp3) is 0.647. The molecule has 1 atom stereocenters. The second-order valence-electron chi connectivity index (χ2n) is 5.17. The lowest BCUT2D eigenvalue weighted by Crippen LogP contribution is -2.22. The van der Waals surface area contributed by atoms with Crippen LogP contribution in [0.3, 0.4) is 0 Å². The fourth-order valence-corrected chi connectivity index (χ4v) is 2.43. The zero-order valence-corrected chi connectivity index (χ0v) is 13.5. The van der Waals surface area contributed by atoms with Crippen LogP contribution in [0.1, 0.15) is 50.6 Å². The molecule has 0 amide bonds. The van der Waals surface area contributed by atoms with Gasteiger partial charge in [0.1, 0.15) is 0 Å². The lowest BCUT2D eigenvalue weighted by molar-refractivity contribution is 0.282. The quantitative estimate of drug-likeness (QED) is 0.615. The third kappa shape index (κ3) is 5.94. The molecule has 0 heterocycles. The van der Waals surface area contributed by atoms with E-state index in [0.717, 1.165) is 50.1 Å². The Kier molecular flexibility index (Phi) is 8.87. The van der Waals surface area contributed by atoms with Crippen molar-refractivity contribution >= 4 is 0 Å². The predicted octanol–water partition coefficient (Wildman–Crippen LogP) is 3.30. The first-order valence-electron chi connectivity index (χ1n) is 7.83. The van der Waals surface area contributed by atoms with Gasteiger partial charge in [-0.25, -0.2) is 0 Å². The van der Waals surface area contributed by atoms with Crippen molar-refractivity contribution in [3.8, 4) is 11.5 Å². The second-order valence-corrected chi connectivity index (χ2v) is 5.17. The summed E-state index contributed by atoms with van der Waals surface area (Å²) >= 11 is 0. The average Bonchev–Trinajstić information content (AvgIpc) is 2.53.